The Labute approximate surface area is 110 Å². The van der Waals surface area contributed by atoms with E-state index < -0.39 is 0 Å². The molecule has 3 rings (SSSR count). The van der Waals surface area contributed by atoms with Gasteiger partial charge >= 0.3 is 0 Å². The third-order valence-electron chi connectivity index (χ3n) is 2.80. The highest BCUT2D eigenvalue weighted by Gasteiger charge is 2.03. The van der Waals surface area contributed by atoms with Crippen LogP contribution in [0.2, 0.25) is 0 Å². The summed E-state index contributed by atoms with van der Waals surface area (Å²) in [7, 11) is 0. The molecule has 0 fully saturated rings. The number of rotatable bonds is 2. The molecule has 0 saturated carbocycles. The van der Waals surface area contributed by atoms with Crippen LogP contribution in [0.1, 0.15) is 5.82 Å². The van der Waals surface area contributed by atoms with E-state index in [1.165, 1.54) is 0 Å². The predicted octanol–water partition coefficient (Wildman–Crippen LogP) is 2.66. The standard InChI is InChI=1S/C14H13N5/c1-9-17-13(15)7-14(18-9)19-12-4-2-3-10-8-16-6-5-11(10)12/h2-8H,1H3,(H3,15,17,18,19). The number of aryl methyl sites for hydroxylation is 1. The summed E-state index contributed by atoms with van der Waals surface area (Å²) in [4.78, 5) is 12.5. The minimum Gasteiger partial charge on any atom is -0.384 e. The Hall–Kier alpha value is -2.69. The van der Waals surface area contributed by atoms with E-state index in [0.29, 0.717) is 17.5 Å². The maximum absolute atomic E-state index is 5.72. The number of anilines is 3. The molecule has 0 saturated heterocycles. The molecule has 1 aromatic carbocycles. The third kappa shape index (κ3) is 2.30. The van der Waals surface area contributed by atoms with Crippen molar-refractivity contribution in [3.8, 4) is 0 Å². The molecule has 94 valence electrons. The molecule has 0 aliphatic rings. The molecule has 0 aliphatic heterocycles. The maximum atomic E-state index is 5.72. The Morgan fingerprint density at radius 2 is 2.05 bits per heavy atom. The summed E-state index contributed by atoms with van der Waals surface area (Å²) >= 11 is 0. The highest BCUT2D eigenvalue weighted by molar-refractivity contribution is 5.94. The quantitative estimate of drug-likeness (QED) is 0.732. The maximum Gasteiger partial charge on any atom is 0.136 e. The molecule has 5 nitrogen and oxygen atoms in total. The average Bonchev–Trinajstić information content (AvgIpc) is 2.38. The van der Waals surface area contributed by atoms with Crippen LogP contribution in [0.4, 0.5) is 17.3 Å². The Bertz CT molecular complexity index is 713. The van der Waals surface area contributed by atoms with Gasteiger partial charge in [-0.05, 0) is 19.1 Å². The molecular formula is C14H13N5. The molecule has 2 heterocycles. The van der Waals surface area contributed by atoms with Gasteiger partial charge in [-0.1, -0.05) is 12.1 Å². The molecule has 19 heavy (non-hydrogen) atoms. The zero-order valence-electron chi connectivity index (χ0n) is 10.5. The second kappa shape index (κ2) is 4.53. The Balaban J connectivity index is 2.05. The van der Waals surface area contributed by atoms with Crippen molar-refractivity contribution in [3.63, 3.8) is 0 Å². The van der Waals surface area contributed by atoms with Gasteiger partial charge in [-0.2, -0.15) is 0 Å². The van der Waals surface area contributed by atoms with Gasteiger partial charge in [-0.3, -0.25) is 4.98 Å². The number of nitrogens with zero attached hydrogens (tertiary/aromatic N) is 3. The second-order valence-corrected chi connectivity index (χ2v) is 4.25. The van der Waals surface area contributed by atoms with Crippen LogP contribution in [0.25, 0.3) is 10.8 Å². The first kappa shape index (κ1) is 11.4. The monoisotopic (exact) mass is 251 g/mol. The molecule has 0 spiro atoms. The lowest BCUT2D eigenvalue weighted by Crippen LogP contribution is -2.00. The van der Waals surface area contributed by atoms with Crippen molar-refractivity contribution in [2.24, 2.45) is 0 Å². The van der Waals surface area contributed by atoms with Crippen LogP contribution in [0.15, 0.2) is 42.7 Å². The highest BCUT2D eigenvalue weighted by atomic mass is 15.0. The van der Waals surface area contributed by atoms with E-state index in [1.807, 2.05) is 37.4 Å². The molecule has 0 bridgehead atoms. The van der Waals surface area contributed by atoms with Crippen LogP contribution < -0.4 is 11.1 Å². The molecule has 0 aliphatic carbocycles. The number of pyridine rings is 1. The fraction of sp³-hybridized carbons (Fsp3) is 0.0714. The molecule has 3 aromatic rings. The van der Waals surface area contributed by atoms with Crippen molar-refractivity contribution in [2.75, 3.05) is 11.1 Å². The van der Waals surface area contributed by atoms with Crippen molar-refractivity contribution >= 4 is 28.1 Å². The smallest absolute Gasteiger partial charge is 0.136 e. The van der Waals surface area contributed by atoms with Gasteiger partial charge in [0.1, 0.15) is 17.5 Å². The van der Waals surface area contributed by atoms with Crippen molar-refractivity contribution in [1.29, 1.82) is 0 Å². The number of hydrogen-bond donors (Lipinski definition) is 2. The van der Waals surface area contributed by atoms with Crippen molar-refractivity contribution in [3.05, 3.63) is 48.5 Å². The van der Waals surface area contributed by atoms with E-state index in [9.17, 15) is 0 Å². The number of benzene rings is 1. The largest absolute Gasteiger partial charge is 0.384 e. The summed E-state index contributed by atoms with van der Waals surface area (Å²) in [6.45, 7) is 1.81. The Kier molecular flexibility index (Phi) is 2.72. The van der Waals surface area contributed by atoms with Crippen LogP contribution in [-0.4, -0.2) is 15.0 Å². The van der Waals surface area contributed by atoms with Crippen LogP contribution >= 0.6 is 0 Å². The van der Waals surface area contributed by atoms with E-state index in [0.717, 1.165) is 16.5 Å². The van der Waals surface area contributed by atoms with E-state index >= 15 is 0 Å². The summed E-state index contributed by atoms with van der Waals surface area (Å²) in [6.07, 6.45) is 3.60. The Morgan fingerprint density at radius 3 is 2.89 bits per heavy atom. The van der Waals surface area contributed by atoms with Crippen LogP contribution in [0, 0.1) is 6.92 Å². The minimum absolute atomic E-state index is 0.455. The minimum atomic E-state index is 0.455. The number of aromatic nitrogens is 3. The fourth-order valence-electron chi connectivity index (χ4n) is 2.02. The van der Waals surface area contributed by atoms with Gasteiger partial charge in [0.25, 0.3) is 0 Å². The summed E-state index contributed by atoms with van der Waals surface area (Å²) in [5, 5.41) is 5.44. The van der Waals surface area contributed by atoms with Crippen LogP contribution in [0.3, 0.4) is 0 Å². The molecule has 0 atom stereocenters. The zero-order valence-corrected chi connectivity index (χ0v) is 10.5. The fourth-order valence-corrected chi connectivity index (χ4v) is 2.02. The number of fused-ring (bicyclic) bond motifs is 1. The van der Waals surface area contributed by atoms with Crippen molar-refractivity contribution in [1.82, 2.24) is 15.0 Å². The Morgan fingerprint density at radius 1 is 1.16 bits per heavy atom. The van der Waals surface area contributed by atoms with Crippen LogP contribution in [0.5, 0.6) is 0 Å². The van der Waals surface area contributed by atoms with Gasteiger partial charge < -0.3 is 11.1 Å². The third-order valence-corrected chi connectivity index (χ3v) is 2.80. The molecular weight excluding hydrogens is 238 g/mol. The van der Waals surface area contributed by atoms with Crippen molar-refractivity contribution in [2.45, 2.75) is 6.92 Å². The lowest BCUT2D eigenvalue weighted by molar-refractivity contribution is 1.06. The van der Waals surface area contributed by atoms with Gasteiger partial charge in [0.15, 0.2) is 0 Å². The SMILES string of the molecule is Cc1nc(N)cc(Nc2cccc3cnccc23)n1. The molecule has 2 aromatic heterocycles. The van der Waals surface area contributed by atoms with Crippen molar-refractivity contribution < 1.29 is 0 Å². The van der Waals surface area contributed by atoms with E-state index in [1.54, 1.807) is 12.3 Å². The summed E-state index contributed by atoms with van der Waals surface area (Å²) in [5.41, 5.74) is 6.69. The first-order valence-electron chi connectivity index (χ1n) is 5.93. The first-order chi connectivity index (χ1) is 9.22. The number of hydrogen-bond acceptors (Lipinski definition) is 5. The van der Waals surface area contributed by atoms with Gasteiger partial charge in [0, 0.05) is 34.9 Å². The number of nitrogens with one attached hydrogen (secondary N) is 1. The van der Waals surface area contributed by atoms with E-state index in [2.05, 4.69) is 20.3 Å². The topological polar surface area (TPSA) is 76.7 Å². The van der Waals surface area contributed by atoms with Gasteiger partial charge in [-0.15, -0.1) is 0 Å². The lowest BCUT2D eigenvalue weighted by atomic mass is 10.1. The van der Waals surface area contributed by atoms with E-state index in [4.69, 9.17) is 5.73 Å². The number of nitrogen functional groups attached to an aromatic ring is 1. The van der Waals surface area contributed by atoms with E-state index in [-0.39, 0.29) is 0 Å². The molecule has 0 amide bonds. The summed E-state index contributed by atoms with van der Waals surface area (Å²) < 4.78 is 0. The van der Waals surface area contributed by atoms with Gasteiger partial charge in [0.05, 0.1) is 0 Å². The molecule has 5 heteroatoms. The second-order valence-electron chi connectivity index (χ2n) is 4.25. The lowest BCUT2D eigenvalue weighted by Gasteiger charge is -2.09. The average molecular weight is 251 g/mol. The van der Waals surface area contributed by atoms with Gasteiger partial charge in [-0.25, -0.2) is 9.97 Å². The summed E-state index contributed by atoms with van der Waals surface area (Å²) in [5.74, 6) is 1.79. The highest BCUT2D eigenvalue weighted by Crippen LogP contribution is 2.25. The zero-order chi connectivity index (χ0) is 13.2. The molecule has 3 N–H and O–H groups in total. The predicted molar refractivity (Wildman–Crippen MR) is 76.2 cm³/mol. The summed E-state index contributed by atoms with van der Waals surface area (Å²) in [6, 6.07) is 9.68. The number of nitrogens with two attached hydrogens (primary N) is 1. The normalized spacial score (nSPS) is 10.6. The molecule has 0 unspecified atom stereocenters. The first-order valence-corrected chi connectivity index (χ1v) is 5.93. The van der Waals surface area contributed by atoms with Gasteiger partial charge in [0.2, 0.25) is 0 Å². The van der Waals surface area contributed by atoms with Crippen LogP contribution in [-0.2, 0) is 0 Å². The molecule has 0 radical (unpaired) electrons.